The van der Waals surface area contributed by atoms with Crippen molar-refractivity contribution in [2.45, 2.75) is 38.8 Å². The van der Waals surface area contributed by atoms with Gasteiger partial charge in [0.05, 0.1) is 14.2 Å². The molecule has 2 aromatic rings. The van der Waals surface area contributed by atoms with Crippen LogP contribution in [0.5, 0.6) is 11.5 Å². The summed E-state index contributed by atoms with van der Waals surface area (Å²) in [6, 6.07) is 14.8. The molecular weight excluding hydrogens is 350 g/mol. The molecule has 2 aliphatic rings. The van der Waals surface area contributed by atoms with Gasteiger partial charge in [0.1, 0.15) is 0 Å². The molecule has 1 aliphatic carbocycles. The first kappa shape index (κ1) is 18.8. The zero-order valence-corrected chi connectivity index (χ0v) is 16.8. The third kappa shape index (κ3) is 3.45. The van der Waals surface area contributed by atoms with Gasteiger partial charge in [-0.1, -0.05) is 35.9 Å². The minimum atomic E-state index is 0.162. The minimum absolute atomic E-state index is 0.162. The summed E-state index contributed by atoms with van der Waals surface area (Å²) in [6.07, 6.45) is 2.62. The van der Waals surface area contributed by atoms with E-state index < -0.39 is 0 Å². The molecule has 4 rings (SSSR count). The number of piperidine rings is 1. The maximum atomic E-state index is 13.1. The van der Waals surface area contributed by atoms with Crippen LogP contribution < -0.4 is 9.47 Å². The number of Topliss-reactive ketones (excluding diaryl/α,β-unsaturated/α-hetero) is 1. The molecule has 0 aromatic heterocycles. The van der Waals surface area contributed by atoms with Crippen molar-refractivity contribution in [1.82, 2.24) is 4.90 Å². The summed E-state index contributed by atoms with van der Waals surface area (Å²) in [5, 5.41) is 0. The Kier molecular flexibility index (Phi) is 5.23. The van der Waals surface area contributed by atoms with E-state index in [2.05, 4.69) is 42.2 Å². The molecule has 0 spiro atoms. The Labute approximate surface area is 166 Å². The molecule has 1 aliphatic heterocycles. The first-order chi connectivity index (χ1) is 13.6. The van der Waals surface area contributed by atoms with Crippen LogP contribution in [0.4, 0.5) is 0 Å². The molecule has 0 bridgehead atoms. The summed E-state index contributed by atoms with van der Waals surface area (Å²) in [6.45, 7) is 4.22. The topological polar surface area (TPSA) is 38.8 Å². The van der Waals surface area contributed by atoms with Gasteiger partial charge in [-0.25, -0.2) is 0 Å². The number of likely N-dealkylation sites (tertiary alicyclic amines) is 1. The quantitative estimate of drug-likeness (QED) is 0.739. The van der Waals surface area contributed by atoms with Gasteiger partial charge < -0.3 is 9.47 Å². The fourth-order valence-electron chi connectivity index (χ4n) is 4.41. The first-order valence-corrected chi connectivity index (χ1v) is 9.89. The van der Waals surface area contributed by atoms with Crippen molar-refractivity contribution in [3.8, 4) is 11.5 Å². The van der Waals surface area contributed by atoms with Crippen molar-refractivity contribution in [1.29, 1.82) is 0 Å². The number of methoxy groups -OCH3 is 2. The molecule has 1 fully saturated rings. The standard InChI is InChI=1S/C24H27NO3/c1-16-11-18(9-10-25(16)15-17-7-5-4-6-8-17)20-12-19-13-22(27-2)23(28-3)14-21(19)24(20)26/h4-8,13-14,16H,9-12,15H2,1-3H3. The van der Waals surface area contributed by atoms with Crippen LogP contribution in [0.2, 0.25) is 0 Å². The normalized spacial score (nSPS) is 22.2. The molecule has 0 saturated carbocycles. The lowest BCUT2D eigenvalue weighted by atomic mass is 9.91. The first-order valence-electron chi connectivity index (χ1n) is 9.89. The molecular formula is C24H27NO3. The number of fused-ring (bicyclic) bond motifs is 1. The van der Waals surface area contributed by atoms with Gasteiger partial charge in [-0.15, -0.1) is 0 Å². The summed E-state index contributed by atoms with van der Waals surface area (Å²) in [7, 11) is 3.23. The van der Waals surface area contributed by atoms with E-state index in [1.54, 1.807) is 14.2 Å². The molecule has 0 amide bonds. The van der Waals surface area contributed by atoms with Gasteiger partial charge in [0.15, 0.2) is 17.3 Å². The van der Waals surface area contributed by atoms with E-state index in [0.717, 1.165) is 42.6 Å². The Morgan fingerprint density at radius 2 is 1.79 bits per heavy atom. The van der Waals surface area contributed by atoms with E-state index in [0.29, 0.717) is 24.0 Å². The van der Waals surface area contributed by atoms with Crippen molar-refractivity contribution in [2.75, 3.05) is 20.8 Å². The molecule has 0 radical (unpaired) electrons. The molecule has 0 N–H and O–H groups in total. The summed E-state index contributed by atoms with van der Waals surface area (Å²) in [4.78, 5) is 15.6. The molecule has 1 atom stereocenters. The monoisotopic (exact) mass is 377 g/mol. The SMILES string of the molecule is COc1cc2c(cc1OC)C(=O)C(=C1CCN(Cc3ccccc3)C(C)C1)C2. The number of hydrogen-bond donors (Lipinski definition) is 0. The number of nitrogens with zero attached hydrogens (tertiary/aromatic N) is 1. The number of carbonyl (C=O) groups excluding carboxylic acids is 1. The van der Waals surface area contributed by atoms with Crippen LogP contribution in [-0.2, 0) is 13.0 Å². The number of ketones is 1. The van der Waals surface area contributed by atoms with E-state index in [1.807, 2.05) is 12.1 Å². The zero-order valence-electron chi connectivity index (χ0n) is 16.8. The van der Waals surface area contributed by atoms with Crippen LogP contribution in [0.25, 0.3) is 0 Å². The Morgan fingerprint density at radius 1 is 1.07 bits per heavy atom. The third-order valence-corrected chi connectivity index (χ3v) is 6.02. The van der Waals surface area contributed by atoms with Gasteiger partial charge in [-0.2, -0.15) is 0 Å². The number of ether oxygens (including phenoxy) is 2. The summed E-state index contributed by atoms with van der Waals surface area (Å²) in [5.41, 5.74) is 5.45. The highest BCUT2D eigenvalue weighted by Crippen LogP contribution is 2.39. The molecule has 4 nitrogen and oxygen atoms in total. The van der Waals surface area contributed by atoms with Crippen molar-refractivity contribution < 1.29 is 14.3 Å². The van der Waals surface area contributed by atoms with Crippen LogP contribution >= 0.6 is 0 Å². The van der Waals surface area contributed by atoms with Crippen molar-refractivity contribution in [3.63, 3.8) is 0 Å². The van der Waals surface area contributed by atoms with E-state index in [4.69, 9.17) is 9.47 Å². The second kappa shape index (κ2) is 7.80. The zero-order chi connectivity index (χ0) is 19.7. The van der Waals surface area contributed by atoms with Crippen molar-refractivity contribution in [3.05, 3.63) is 70.3 Å². The number of benzene rings is 2. The Bertz CT molecular complexity index is 917. The van der Waals surface area contributed by atoms with E-state index in [1.165, 1.54) is 11.1 Å². The average molecular weight is 377 g/mol. The Hall–Kier alpha value is -2.59. The van der Waals surface area contributed by atoms with Crippen LogP contribution in [0, 0.1) is 0 Å². The number of rotatable bonds is 4. The van der Waals surface area contributed by atoms with Gasteiger partial charge in [-0.05, 0) is 43.0 Å². The van der Waals surface area contributed by atoms with Gasteiger partial charge in [0.25, 0.3) is 0 Å². The second-order valence-electron chi connectivity index (χ2n) is 7.71. The highest BCUT2D eigenvalue weighted by Gasteiger charge is 2.32. The maximum absolute atomic E-state index is 13.1. The lowest BCUT2D eigenvalue weighted by Crippen LogP contribution is -2.38. The number of allylic oxidation sites excluding steroid dienone is 1. The molecule has 2 aromatic carbocycles. The summed E-state index contributed by atoms with van der Waals surface area (Å²) >= 11 is 0. The number of carbonyl (C=O) groups is 1. The maximum Gasteiger partial charge on any atom is 0.189 e. The van der Waals surface area contributed by atoms with Gasteiger partial charge in [0, 0.05) is 36.7 Å². The largest absolute Gasteiger partial charge is 0.493 e. The van der Waals surface area contributed by atoms with Crippen molar-refractivity contribution in [2.24, 2.45) is 0 Å². The van der Waals surface area contributed by atoms with Gasteiger partial charge in [0.2, 0.25) is 0 Å². The lowest BCUT2D eigenvalue weighted by Gasteiger charge is -2.35. The van der Waals surface area contributed by atoms with E-state index in [9.17, 15) is 4.79 Å². The molecule has 1 saturated heterocycles. The molecule has 146 valence electrons. The summed E-state index contributed by atoms with van der Waals surface area (Å²) < 4.78 is 10.8. The lowest BCUT2D eigenvalue weighted by molar-refractivity contribution is 0.103. The van der Waals surface area contributed by atoms with E-state index >= 15 is 0 Å². The average Bonchev–Trinajstić information content (AvgIpc) is 3.05. The predicted octanol–water partition coefficient (Wildman–Crippen LogP) is 4.42. The molecule has 1 unspecified atom stereocenters. The van der Waals surface area contributed by atoms with Gasteiger partial charge in [-0.3, -0.25) is 9.69 Å². The Morgan fingerprint density at radius 3 is 2.46 bits per heavy atom. The van der Waals surface area contributed by atoms with Crippen LogP contribution in [0.3, 0.4) is 0 Å². The van der Waals surface area contributed by atoms with Gasteiger partial charge >= 0.3 is 0 Å². The van der Waals surface area contributed by atoms with Crippen LogP contribution in [-0.4, -0.2) is 37.5 Å². The number of hydrogen-bond acceptors (Lipinski definition) is 4. The molecule has 28 heavy (non-hydrogen) atoms. The van der Waals surface area contributed by atoms with E-state index in [-0.39, 0.29) is 5.78 Å². The van der Waals surface area contributed by atoms with Crippen LogP contribution in [0.1, 0.15) is 41.3 Å². The fourth-order valence-corrected chi connectivity index (χ4v) is 4.41. The third-order valence-electron chi connectivity index (χ3n) is 6.02. The molecule has 4 heteroatoms. The minimum Gasteiger partial charge on any atom is -0.493 e. The van der Waals surface area contributed by atoms with Crippen molar-refractivity contribution >= 4 is 5.78 Å². The highest BCUT2D eigenvalue weighted by atomic mass is 16.5. The Balaban J connectivity index is 1.53. The summed E-state index contributed by atoms with van der Waals surface area (Å²) in [5.74, 6) is 1.47. The van der Waals surface area contributed by atoms with Crippen LogP contribution in [0.15, 0.2) is 53.6 Å². The second-order valence-corrected chi connectivity index (χ2v) is 7.71. The predicted molar refractivity (Wildman–Crippen MR) is 110 cm³/mol. The smallest absolute Gasteiger partial charge is 0.189 e. The molecule has 1 heterocycles. The highest BCUT2D eigenvalue weighted by molar-refractivity contribution is 6.14. The fraction of sp³-hybridized carbons (Fsp3) is 0.375.